The van der Waals surface area contributed by atoms with E-state index >= 15 is 0 Å². The minimum atomic E-state index is -1.03. The van der Waals surface area contributed by atoms with Crippen LogP contribution in [-0.4, -0.2) is 28.3 Å². The predicted molar refractivity (Wildman–Crippen MR) is 66.7 cm³/mol. The van der Waals surface area contributed by atoms with Crippen molar-refractivity contribution in [3.63, 3.8) is 0 Å². The van der Waals surface area contributed by atoms with Gasteiger partial charge in [0.2, 0.25) is 0 Å². The molecular formula is C11H10INO4. The highest BCUT2D eigenvalue weighted by Crippen LogP contribution is 2.18. The Morgan fingerprint density at radius 3 is 2.59 bits per heavy atom. The predicted octanol–water partition coefficient (Wildman–Crippen LogP) is 1.30. The maximum atomic E-state index is 11.7. The van der Waals surface area contributed by atoms with Gasteiger partial charge in [-0.15, -0.1) is 5.06 Å². The van der Waals surface area contributed by atoms with Crippen LogP contribution < -0.4 is 0 Å². The molecule has 1 heterocycles. The van der Waals surface area contributed by atoms with Crippen LogP contribution in [-0.2, 0) is 9.63 Å². The number of carbonyl (C=O) groups is 2. The van der Waals surface area contributed by atoms with Crippen LogP contribution in [0, 0.1) is 3.57 Å². The second-order valence-electron chi connectivity index (χ2n) is 3.62. The molecule has 17 heavy (non-hydrogen) atoms. The molecule has 1 saturated heterocycles. The quantitative estimate of drug-likeness (QED) is 0.820. The van der Waals surface area contributed by atoms with Gasteiger partial charge in [-0.25, -0.2) is 4.79 Å². The van der Waals surface area contributed by atoms with Crippen LogP contribution >= 0.6 is 22.6 Å². The molecule has 0 radical (unpaired) electrons. The minimum Gasteiger partial charge on any atom is -0.370 e. The first-order chi connectivity index (χ1) is 8.08. The summed E-state index contributed by atoms with van der Waals surface area (Å²) in [7, 11) is 0. The van der Waals surface area contributed by atoms with Gasteiger partial charge in [0.15, 0.2) is 6.23 Å². The van der Waals surface area contributed by atoms with Crippen molar-refractivity contribution in [3.05, 3.63) is 33.4 Å². The van der Waals surface area contributed by atoms with E-state index in [0.717, 1.165) is 8.63 Å². The van der Waals surface area contributed by atoms with E-state index in [1.54, 1.807) is 24.3 Å². The van der Waals surface area contributed by atoms with Gasteiger partial charge < -0.3 is 9.94 Å². The van der Waals surface area contributed by atoms with Gasteiger partial charge >= 0.3 is 5.97 Å². The van der Waals surface area contributed by atoms with Crippen LogP contribution in [0.2, 0.25) is 0 Å². The Kier molecular flexibility index (Phi) is 3.63. The van der Waals surface area contributed by atoms with Crippen LogP contribution in [0.1, 0.15) is 23.2 Å². The van der Waals surface area contributed by atoms with E-state index in [1.807, 2.05) is 0 Å². The first kappa shape index (κ1) is 12.3. The fourth-order valence-electron chi connectivity index (χ4n) is 1.49. The molecule has 0 aromatic heterocycles. The van der Waals surface area contributed by atoms with E-state index in [9.17, 15) is 14.7 Å². The number of hydrogen-bond acceptors (Lipinski definition) is 4. The molecule has 1 aromatic rings. The number of halogens is 1. The van der Waals surface area contributed by atoms with E-state index in [2.05, 4.69) is 22.6 Å². The second kappa shape index (κ2) is 5.01. The lowest BCUT2D eigenvalue weighted by atomic mass is 10.2. The van der Waals surface area contributed by atoms with Gasteiger partial charge in [0.25, 0.3) is 5.91 Å². The lowest BCUT2D eigenvalue weighted by Gasteiger charge is -2.18. The number of benzene rings is 1. The molecule has 90 valence electrons. The van der Waals surface area contributed by atoms with E-state index in [1.165, 1.54) is 0 Å². The summed E-state index contributed by atoms with van der Waals surface area (Å²) in [6.45, 7) is 0. The normalized spacial score (nSPS) is 19.5. The molecule has 1 amide bonds. The topological polar surface area (TPSA) is 66.8 Å². The summed E-state index contributed by atoms with van der Waals surface area (Å²) >= 11 is 2.12. The molecule has 1 N–H and O–H groups in total. The summed E-state index contributed by atoms with van der Waals surface area (Å²) in [6.07, 6.45) is -0.546. The molecule has 1 aliphatic heterocycles. The minimum absolute atomic E-state index is 0.196. The van der Waals surface area contributed by atoms with Crippen LogP contribution in [0.5, 0.6) is 0 Å². The number of hydroxylamine groups is 2. The molecule has 0 spiro atoms. The maximum Gasteiger partial charge on any atom is 0.363 e. The summed E-state index contributed by atoms with van der Waals surface area (Å²) in [5.74, 6) is -1.02. The first-order valence-corrected chi connectivity index (χ1v) is 6.14. The third kappa shape index (κ3) is 2.75. The Bertz CT molecular complexity index is 445. The van der Waals surface area contributed by atoms with Gasteiger partial charge in [-0.3, -0.25) is 4.79 Å². The fourth-order valence-corrected chi connectivity index (χ4v) is 1.85. The molecule has 5 nitrogen and oxygen atoms in total. The van der Waals surface area contributed by atoms with Crippen molar-refractivity contribution in [1.29, 1.82) is 0 Å². The van der Waals surface area contributed by atoms with E-state index in [0.29, 0.717) is 12.0 Å². The highest BCUT2D eigenvalue weighted by Gasteiger charge is 2.33. The number of hydrogen-bond donors (Lipinski definition) is 1. The molecule has 1 fully saturated rings. The summed E-state index contributed by atoms with van der Waals surface area (Å²) in [4.78, 5) is 27.8. The lowest BCUT2D eigenvalue weighted by molar-refractivity contribution is -0.191. The SMILES string of the molecule is O=C(ON1C(=O)CCC1O)c1ccc(I)cc1. The number of rotatable bonds is 2. The number of nitrogens with zero attached hydrogens (tertiary/aromatic N) is 1. The molecule has 1 aromatic carbocycles. The van der Waals surface area contributed by atoms with Gasteiger partial charge in [-0.1, -0.05) is 0 Å². The number of aliphatic hydroxyl groups excluding tert-OH is 1. The van der Waals surface area contributed by atoms with Crippen LogP contribution in [0.25, 0.3) is 0 Å². The van der Waals surface area contributed by atoms with E-state index < -0.39 is 12.2 Å². The third-order valence-electron chi connectivity index (χ3n) is 2.39. The number of carbonyl (C=O) groups excluding carboxylic acids is 2. The Hall–Kier alpha value is -1.15. The molecule has 1 atom stereocenters. The summed E-state index contributed by atoms with van der Waals surface area (Å²) < 4.78 is 0.997. The van der Waals surface area contributed by atoms with Crippen LogP contribution in [0.3, 0.4) is 0 Å². The highest BCUT2D eigenvalue weighted by molar-refractivity contribution is 14.1. The van der Waals surface area contributed by atoms with Gasteiger partial charge in [-0.2, -0.15) is 0 Å². The van der Waals surface area contributed by atoms with E-state index in [-0.39, 0.29) is 12.3 Å². The van der Waals surface area contributed by atoms with Gasteiger partial charge in [-0.05, 0) is 46.9 Å². The Labute approximate surface area is 111 Å². The monoisotopic (exact) mass is 347 g/mol. The zero-order valence-corrected chi connectivity index (χ0v) is 11.0. The molecule has 1 aliphatic rings. The van der Waals surface area contributed by atoms with Crippen molar-refractivity contribution in [2.24, 2.45) is 0 Å². The molecule has 0 bridgehead atoms. The van der Waals surface area contributed by atoms with Crippen molar-refractivity contribution < 1.29 is 19.5 Å². The maximum absolute atomic E-state index is 11.7. The number of amides is 1. The van der Waals surface area contributed by atoms with Crippen molar-refractivity contribution in [2.75, 3.05) is 0 Å². The Morgan fingerprint density at radius 2 is 2.06 bits per heavy atom. The van der Waals surface area contributed by atoms with Crippen LogP contribution in [0.15, 0.2) is 24.3 Å². The summed E-state index contributed by atoms with van der Waals surface area (Å²) in [5.41, 5.74) is 0.345. The first-order valence-electron chi connectivity index (χ1n) is 5.06. The largest absolute Gasteiger partial charge is 0.370 e. The Balaban J connectivity index is 2.06. The summed E-state index contributed by atoms with van der Waals surface area (Å²) in [5, 5.41) is 10.2. The van der Waals surface area contributed by atoms with E-state index in [4.69, 9.17) is 4.84 Å². The molecule has 1 unspecified atom stereocenters. The van der Waals surface area contributed by atoms with Gasteiger partial charge in [0.1, 0.15) is 0 Å². The standard InChI is InChI=1S/C11H10INO4/c12-8-3-1-7(2-4-8)11(16)17-13-9(14)5-6-10(13)15/h1-4,9,14H,5-6H2. The summed E-state index contributed by atoms with van der Waals surface area (Å²) in [6, 6.07) is 6.74. The fraction of sp³-hybridized carbons (Fsp3) is 0.273. The highest BCUT2D eigenvalue weighted by atomic mass is 127. The van der Waals surface area contributed by atoms with Crippen molar-refractivity contribution in [3.8, 4) is 0 Å². The third-order valence-corrected chi connectivity index (χ3v) is 3.11. The second-order valence-corrected chi connectivity index (χ2v) is 4.87. The van der Waals surface area contributed by atoms with Gasteiger partial charge in [0, 0.05) is 16.4 Å². The Morgan fingerprint density at radius 1 is 1.41 bits per heavy atom. The number of aliphatic hydroxyl groups is 1. The molecule has 0 saturated carbocycles. The molecule has 2 rings (SSSR count). The van der Waals surface area contributed by atoms with Crippen LogP contribution in [0.4, 0.5) is 0 Å². The lowest BCUT2D eigenvalue weighted by Crippen LogP contribution is -2.35. The zero-order valence-electron chi connectivity index (χ0n) is 8.80. The zero-order chi connectivity index (χ0) is 12.4. The smallest absolute Gasteiger partial charge is 0.363 e. The molecule has 6 heteroatoms. The van der Waals surface area contributed by atoms with Gasteiger partial charge in [0.05, 0.1) is 5.56 Å². The van der Waals surface area contributed by atoms with Crippen molar-refractivity contribution >= 4 is 34.5 Å². The average Bonchev–Trinajstić information content (AvgIpc) is 2.61. The average molecular weight is 347 g/mol. The molecule has 0 aliphatic carbocycles. The van der Waals surface area contributed by atoms with Crippen molar-refractivity contribution in [1.82, 2.24) is 5.06 Å². The molecular weight excluding hydrogens is 337 g/mol. The van der Waals surface area contributed by atoms with Crippen molar-refractivity contribution in [2.45, 2.75) is 19.1 Å².